The molecule has 5 nitrogen and oxygen atoms in total. The molecule has 1 amide bonds. The number of carbonyl (C=O) groups is 1. The number of rotatable bonds is 8. The van der Waals surface area contributed by atoms with Gasteiger partial charge in [0, 0.05) is 5.69 Å². The zero-order valence-corrected chi connectivity index (χ0v) is 21.3. The van der Waals surface area contributed by atoms with E-state index in [4.69, 9.17) is 9.47 Å². The summed E-state index contributed by atoms with van der Waals surface area (Å²) in [5.41, 5.74) is 5.63. The van der Waals surface area contributed by atoms with Gasteiger partial charge in [0.2, 0.25) is 0 Å². The summed E-state index contributed by atoms with van der Waals surface area (Å²) in [6.07, 6.45) is 1.54. The summed E-state index contributed by atoms with van der Waals surface area (Å²) in [5.74, 6) is 0.631. The lowest BCUT2D eigenvalue weighted by Gasteiger charge is -2.15. The van der Waals surface area contributed by atoms with Gasteiger partial charge in [-0.25, -0.2) is 0 Å². The summed E-state index contributed by atoms with van der Waals surface area (Å²) in [7, 11) is 0. The van der Waals surface area contributed by atoms with E-state index in [2.05, 4.69) is 53.3 Å². The highest BCUT2D eigenvalue weighted by Gasteiger charge is 2.15. The lowest BCUT2D eigenvalue weighted by atomic mass is 10.1. The number of ether oxygens (including phenoxy) is 2. The Bertz CT molecular complexity index is 1250. The van der Waals surface area contributed by atoms with Crippen LogP contribution >= 0.6 is 15.9 Å². The number of nitrogens with one attached hydrogen (secondary N) is 1. The number of nitriles is 1. The van der Waals surface area contributed by atoms with Gasteiger partial charge in [0.25, 0.3) is 5.91 Å². The molecule has 0 atom stereocenters. The Labute approximate surface area is 209 Å². The zero-order chi connectivity index (χ0) is 24.7. The van der Waals surface area contributed by atoms with Gasteiger partial charge in [-0.05, 0) is 84.6 Å². The first-order valence-electron chi connectivity index (χ1n) is 11.0. The predicted molar refractivity (Wildman–Crippen MR) is 139 cm³/mol. The molecule has 3 rings (SSSR count). The van der Waals surface area contributed by atoms with Crippen molar-refractivity contribution in [2.45, 2.75) is 34.3 Å². The molecule has 0 saturated carbocycles. The largest absolute Gasteiger partial charge is 0.490 e. The summed E-state index contributed by atoms with van der Waals surface area (Å²) in [5, 5.41) is 12.4. The van der Waals surface area contributed by atoms with Crippen LogP contribution < -0.4 is 14.8 Å². The average molecular weight is 519 g/mol. The van der Waals surface area contributed by atoms with Crippen LogP contribution in [-0.4, -0.2) is 12.5 Å². The number of hydrogen-bond donors (Lipinski definition) is 1. The van der Waals surface area contributed by atoms with E-state index >= 15 is 0 Å². The molecular formula is C28H27BrN2O3. The number of carbonyl (C=O) groups excluding carboxylic acids is 1. The molecule has 0 fully saturated rings. The lowest BCUT2D eigenvalue weighted by molar-refractivity contribution is -0.112. The van der Waals surface area contributed by atoms with Crippen LogP contribution in [0.3, 0.4) is 0 Å². The Morgan fingerprint density at radius 3 is 2.41 bits per heavy atom. The number of benzene rings is 3. The number of amides is 1. The van der Waals surface area contributed by atoms with Crippen molar-refractivity contribution in [2.24, 2.45) is 0 Å². The maximum absolute atomic E-state index is 12.7. The topological polar surface area (TPSA) is 71.3 Å². The van der Waals surface area contributed by atoms with Gasteiger partial charge in [-0.3, -0.25) is 4.79 Å². The zero-order valence-electron chi connectivity index (χ0n) is 19.7. The molecule has 0 aliphatic carbocycles. The van der Waals surface area contributed by atoms with E-state index < -0.39 is 5.91 Å². The van der Waals surface area contributed by atoms with Crippen molar-refractivity contribution in [2.75, 3.05) is 11.9 Å². The first-order chi connectivity index (χ1) is 16.3. The van der Waals surface area contributed by atoms with Crippen LogP contribution in [0, 0.1) is 32.1 Å². The molecule has 3 aromatic carbocycles. The number of nitrogens with zero attached hydrogens (tertiary/aromatic N) is 1. The summed E-state index contributed by atoms with van der Waals surface area (Å²) < 4.78 is 12.6. The van der Waals surface area contributed by atoms with Crippen LogP contribution in [-0.2, 0) is 11.4 Å². The first-order valence-corrected chi connectivity index (χ1v) is 11.7. The molecule has 0 saturated heterocycles. The number of anilines is 1. The van der Waals surface area contributed by atoms with E-state index in [9.17, 15) is 10.1 Å². The second-order valence-electron chi connectivity index (χ2n) is 7.99. The van der Waals surface area contributed by atoms with Crippen molar-refractivity contribution in [3.63, 3.8) is 0 Å². The van der Waals surface area contributed by atoms with Crippen molar-refractivity contribution < 1.29 is 14.3 Å². The van der Waals surface area contributed by atoms with Crippen LogP contribution in [0.15, 0.2) is 64.6 Å². The van der Waals surface area contributed by atoms with E-state index in [-0.39, 0.29) is 5.57 Å². The van der Waals surface area contributed by atoms with Gasteiger partial charge in [0.05, 0.1) is 11.1 Å². The summed E-state index contributed by atoms with van der Waals surface area (Å²) >= 11 is 3.56. The minimum atomic E-state index is -0.471. The number of hydrogen-bond acceptors (Lipinski definition) is 4. The summed E-state index contributed by atoms with van der Waals surface area (Å²) in [6, 6.07) is 19.3. The molecule has 1 N–H and O–H groups in total. The van der Waals surface area contributed by atoms with Crippen molar-refractivity contribution in [3.05, 3.63) is 92.5 Å². The van der Waals surface area contributed by atoms with Gasteiger partial charge < -0.3 is 14.8 Å². The molecule has 0 aromatic heterocycles. The quantitative estimate of drug-likeness (QED) is 0.260. The second-order valence-corrected chi connectivity index (χ2v) is 8.84. The van der Waals surface area contributed by atoms with E-state index in [1.54, 1.807) is 18.2 Å². The lowest BCUT2D eigenvalue weighted by Crippen LogP contribution is -2.14. The Balaban J connectivity index is 1.86. The highest BCUT2D eigenvalue weighted by Crippen LogP contribution is 2.38. The van der Waals surface area contributed by atoms with Crippen LogP contribution in [0.1, 0.15) is 34.7 Å². The van der Waals surface area contributed by atoms with Gasteiger partial charge in [-0.2, -0.15) is 5.26 Å². The van der Waals surface area contributed by atoms with Gasteiger partial charge in [-0.1, -0.05) is 47.5 Å². The normalized spacial score (nSPS) is 11.0. The fraction of sp³-hybridized carbons (Fsp3) is 0.214. The molecule has 174 valence electrons. The number of aryl methyl sites for hydroxylation is 3. The Morgan fingerprint density at radius 2 is 1.76 bits per heavy atom. The van der Waals surface area contributed by atoms with Gasteiger partial charge >= 0.3 is 0 Å². The molecule has 0 bridgehead atoms. The van der Waals surface area contributed by atoms with E-state index in [0.29, 0.717) is 40.4 Å². The van der Waals surface area contributed by atoms with Crippen molar-refractivity contribution in [1.29, 1.82) is 5.26 Å². The van der Waals surface area contributed by atoms with Gasteiger partial charge in [-0.15, -0.1) is 0 Å². The highest BCUT2D eigenvalue weighted by molar-refractivity contribution is 9.10. The molecule has 6 heteroatoms. The molecule has 0 radical (unpaired) electrons. The minimum Gasteiger partial charge on any atom is -0.490 e. The first kappa shape index (κ1) is 25.1. The summed E-state index contributed by atoms with van der Waals surface area (Å²) in [6.45, 7) is 8.73. The Kier molecular flexibility index (Phi) is 8.50. The molecule has 0 unspecified atom stereocenters. The number of halogens is 1. The van der Waals surface area contributed by atoms with Crippen LogP contribution in [0.2, 0.25) is 0 Å². The Hall–Kier alpha value is -3.56. The van der Waals surface area contributed by atoms with Gasteiger partial charge in [0.1, 0.15) is 18.2 Å². The van der Waals surface area contributed by atoms with Gasteiger partial charge in [0.15, 0.2) is 11.5 Å². The van der Waals surface area contributed by atoms with E-state index in [1.807, 2.05) is 38.1 Å². The third-order valence-corrected chi connectivity index (χ3v) is 5.65. The molecule has 0 spiro atoms. The van der Waals surface area contributed by atoms with E-state index in [0.717, 1.165) is 11.1 Å². The highest BCUT2D eigenvalue weighted by atomic mass is 79.9. The molecular weight excluding hydrogens is 492 g/mol. The summed E-state index contributed by atoms with van der Waals surface area (Å²) in [4.78, 5) is 12.7. The van der Waals surface area contributed by atoms with E-state index in [1.165, 1.54) is 17.2 Å². The number of para-hydroxylation sites is 1. The molecule has 0 aliphatic heterocycles. The third-order valence-electron chi connectivity index (χ3n) is 5.07. The van der Waals surface area contributed by atoms with Crippen molar-refractivity contribution in [3.8, 4) is 17.6 Å². The Morgan fingerprint density at radius 1 is 1.06 bits per heavy atom. The molecule has 34 heavy (non-hydrogen) atoms. The second kappa shape index (κ2) is 11.5. The maximum atomic E-state index is 12.7. The molecule has 3 aromatic rings. The molecule has 0 heterocycles. The SMILES string of the molecule is CCOc1cc(/C=C(\C#N)C(=O)Nc2ccccc2C)cc(Br)c1OCc1cc(C)cc(C)c1. The fourth-order valence-corrected chi connectivity index (χ4v) is 4.17. The smallest absolute Gasteiger partial charge is 0.266 e. The van der Waals surface area contributed by atoms with Crippen LogP contribution in [0.5, 0.6) is 11.5 Å². The monoisotopic (exact) mass is 518 g/mol. The standard InChI is InChI=1S/C28H27BrN2O3/c1-5-33-26-15-21(13-23(16-30)28(32)31-25-9-7-6-8-20(25)4)14-24(29)27(26)34-17-22-11-18(2)10-19(3)12-22/h6-15H,5,17H2,1-4H3,(H,31,32)/b23-13+. The minimum absolute atomic E-state index is 0.0125. The fourth-order valence-electron chi connectivity index (χ4n) is 3.60. The predicted octanol–water partition coefficient (Wildman–Crippen LogP) is 6.90. The van der Waals surface area contributed by atoms with Crippen LogP contribution in [0.4, 0.5) is 5.69 Å². The van der Waals surface area contributed by atoms with Crippen molar-refractivity contribution in [1.82, 2.24) is 0 Å². The third kappa shape index (κ3) is 6.49. The van der Waals surface area contributed by atoms with Crippen LogP contribution in [0.25, 0.3) is 6.08 Å². The maximum Gasteiger partial charge on any atom is 0.266 e. The average Bonchev–Trinajstić information content (AvgIpc) is 2.78. The molecule has 0 aliphatic rings. The van der Waals surface area contributed by atoms with Crippen molar-refractivity contribution >= 4 is 33.6 Å².